The van der Waals surface area contributed by atoms with Gasteiger partial charge in [0.15, 0.2) is 0 Å². The number of hydrogen-bond acceptors (Lipinski definition) is 6. The molecule has 27 heavy (non-hydrogen) atoms. The molecule has 1 saturated heterocycles. The Morgan fingerprint density at radius 3 is 2.63 bits per heavy atom. The third kappa shape index (κ3) is 5.63. The number of amides is 2. The highest BCUT2D eigenvalue weighted by atomic mass is 35.5. The lowest BCUT2D eigenvalue weighted by molar-refractivity contribution is -0.136. The summed E-state index contributed by atoms with van der Waals surface area (Å²) in [4.78, 5) is 24.9. The maximum absolute atomic E-state index is 12.8. The molecule has 0 aromatic heterocycles. The second kappa shape index (κ2) is 9.47. The zero-order valence-electron chi connectivity index (χ0n) is 15.1. The van der Waals surface area contributed by atoms with Crippen molar-refractivity contribution in [3.8, 4) is 0 Å². The summed E-state index contributed by atoms with van der Waals surface area (Å²) in [5, 5.41) is 2.63. The molecule has 0 unspecified atom stereocenters. The standard InChI is InChI=1S/C16H22ClN3O6S/c1-19(16(22)11-25-2)10-15(21)18-12-3-4-13(17)14(9-12)27(23,24)20-5-7-26-8-6-20/h3-4,9H,5-8,10-11H2,1-2H3,(H,18,21). The topological polar surface area (TPSA) is 105 Å². The van der Waals surface area contributed by atoms with Crippen molar-refractivity contribution < 1.29 is 27.5 Å². The SMILES string of the molecule is COCC(=O)N(C)CC(=O)Nc1ccc(Cl)c(S(=O)(=O)N2CCOCC2)c1. The molecule has 150 valence electrons. The van der Waals surface area contributed by atoms with Crippen LogP contribution in [0.5, 0.6) is 0 Å². The van der Waals surface area contributed by atoms with E-state index in [1.807, 2.05) is 0 Å². The maximum atomic E-state index is 12.8. The highest BCUT2D eigenvalue weighted by Crippen LogP contribution is 2.28. The lowest BCUT2D eigenvalue weighted by Crippen LogP contribution is -2.40. The molecule has 1 aliphatic heterocycles. The van der Waals surface area contributed by atoms with Gasteiger partial charge in [-0.2, -0.15) is 4.31 Å². The minimum Gasteiger partial charge on any atom is -0.379 e. The van der Waals surface area contributed by atoms with E-state index < -0.39 is 15.9 Å². The van der Waals surface area contributed by atoms with Gasteiger partial charge in [0.2, 0.25) is 21.8 Å². The van der Waals surface area contributed by atoms with Crippen LogP contribution in [0.4, 0.5) is 5.69 Å². The minimum absolute atomic E-state index is 0.0619. The summed E-state index contributed by atoms with van der Waals surface area (Å²) < 4.78 is 36.8. The number of nitrogens with zero attached hydrogens (tertiary/aromatic N) is 2. The molecule has 1 aromatic carbocycles. The summed E-state index contributed by atoms with van der Waals surface area (Å²) >= 11 is 6.08. The summed E-state index contributed by atoms with van der Waals surface area (Å²) in [6.07, 6.45) is 0. The maximum Gasteiger partial charge on any atom is 0.248 e. The van der Waals surface area contributed by atoms with Gasteiger partial charge in [0, 0.05) is 32.9 Å². The Morgan fingerprint density at radius 2 is 2.00 bits per heavy atom. The van der Waals surface area contributed by atoms with E-state index in [4.69, 9.17) is 21.1 Å². The molecular formula is C16H22ClN3O6S. The molecule has 1 aromatic rings. The first kappa shape index (κ1) is 21.6. The van der Waals surface area contributed by atoms with Crippen LogP contribution in [0.3, 0.4) is 0 Å². The van der Waals surface area contributed by atoms with E-state index in [2.05, 4.69) is 5.32 Å². The molecular weight excluding hydrogens is 398 g/mol. The summed E-state index contributed by atoms with van der Waals surface area (Å²) in [5.74, 6) is -0.821. The van der Waals surface area contributed by atoms with Crippen LogP contribution < -0.4 is 5.32 Å². The van der Waals surface area contributed by atoms with Gasteiger partial charge in [-0.1, -0.05) is 11.6 Å². The van der Waals surface area contributed by atoms with E-state index >= 15 is 0 Å². The van der Waals surface area contributed by atoms with Gasteiger partial charge in [0.25, 0.3) is 0 Å². The molecule has 0 aliphatic carbocycles. The van der Waals surface area contributed by atoms with Crippen molar-refractivity contribution in [1.29, 1.82) is 0 Å². The van der Waals surface area contributed by atoms with Gasteiger partial charge in [-0.15, -0.1) is 0 Å². The highest BCUT2D eigenvalue weighted by molar-refractivity contribution is 7.89. The van der Waals surface area contributed by atoms with Crippen LogP contribution >= 0.6 is 11.6 Å². The summed E-state index contributed by atoms with van der Waals surface area (Å²) in [6, 6.07) is 4.21. The van der Waals surface area contributed by atoms with Gasteiger partial charge in [-0.05, 0) is 18.2 Å². The largest absolute Gasteiger partial charge is 0.379 e. The number of methoxy groups -OCH3 is 1. The highest BCUT2D eigenvalue weighted by Gasteiger charge is 2.28. The van der Waals surface area contributed by atoms with Crippen molar-refractivity contribution in [1.82, 2.24) is 9.21 Å². The molecule has 0 saturated carbocycles. The Morgan fingerprint density at radius 1 is 1.33 bits per heavy atom. The molecule has 1 heterocycles. The van der Waals surface area contributed by atoms with Crippen molar-refractivity contribution in [3.63, 3.8) is 0 Å². The summed E-state index contributed by atoms with van der Waals surface area (Å²) in [6.45, 7) is 0.774. The zero-order valence-corrected chi connectivity index (χ0v) is 16.7. The fourth-order valence-corrected chi connectivity index (χ4v) is 4.35. The molecule has 0 atom stereocenters. The first-order chi connectivity index (χ1) is 12.8. The van der Waals surface area contributed by atoms with Crippen LogP contribution in [-0.2, 0) is 29.1 Å². The zero-order chi connectivity index (χ0) is 20.0. The molecule has 0 bridgehead atoms. The lowest BCUT2D eigenvalue weighted by Gasteiger charge is -2.26. The van der Waals surface area contributed by atoms with E-state index in [9.17, 15) is 18.0 Å². The van der Waals surface area contributed by atoms with Gasteiger partial charge in [-0.25, -0.2) is 8.42 Å². The van der Waals surface area contributed by atoms with Crippen LogP contribution in [0.15, 0.2) is 23.1 Å². The number of halogens is 1. The predicted molar refractivity (Wildman–Crippen MR) is 99.2 cm³/mol. The molecule has 9 nitrogen and oxygen atoms in total. The van der Waals surface area contributed by atoms with Crippen molar-refractivity contribution in [2.24, 2.45) is 0 Å². The molecule has 0 spiro atoms. The molecule has 1 N–H and O–H groups in total. The fraction of sp³-hybridized carbons (Fsp3) is 0.500. The number of benzene rings is 1. The van der Waals surface area contributed by atoms with E-state index in [0.29, 0.717) is 13.2 Å². The van der Waals surface area contributed by atoms with Crippen LogP contribution in [0.2, 0.25) is 5.02 Å². The van der Waals surface area contributed by atoms with Crippen molar-refractivity contribution in [3.05, 3.63) is 23.2 Å². The summed E-state index contributed by atoms with van der Waals surface area (Å²) in [5.41, 5.74) is 0.267. The van der Waals surface area contributed by atoms with Gasteiger partial charge < -0.3 is 19.7 Å². The van der Waals surface area contributed by atoms with Crippen molar-refractivity contribution in [2.45, 2.75) is 4.90 Å². The lowest BCUT2D eigenvalue weighted by atomic mass is 10.3. The Bertz CT molecular complexity index is 795. The Balaban J connectivity index is 2.12. The smallest absolute Gasteiger partial charge is 0.248 e. The van der Waals surface area contributed by atoms with E-state index in [-0.39, 0.29) is 47.8 Å². The monoisotopic (exact) mass is 419 g/mol. The van der Waals surface area contributed by atoms with Crippen LogP contribution in [0, 0.1) is 0 Å². The minimum atomic E-state index is -3.81. The Labute approximate surface area is 163 Å². The molecule has 2 rings (SSSR count). The molecule has 0 radical (unpaired) electrons. The van der Waals surface area contributed by atoms with Gasteiger partial charge >= 0.3 is 0 Å². The first-order valence-electron chi connectivity index (χ1n) is 8.16. The average Bonchev–Trinajstić information content (AvgIpc) is 2.64. The number of sulfonamides is 1. The van der Waals surface area contributed by atoms with Crippen molar-refractivity contribution in [2.75, 3.05) is 58.9 Å². The van der Waals surface area contributed by atoms with E-state index in [0.717, 1.165) is 0 Å². The van der Waals surface area contributed by atoms with Gasteiger partial charge in [0.1, 0.15) is 11.5 Å². The normalized spacial score (nSPS) is 15.4. The van der Waals surface area contributed by atoms with Crippen LogP contribution in [-0.4, -0.2) is 83.0 Å². The average molecular weight is 420 g/mol. The number of likely N-dealkylation sites (N-methyl/N-ethyl adjacent to an activating group) is 1. The fourth-order valence-electron chi connectivity index (χ4n) is 2.44. The second-order valence-corrected chi connectivity index (χ2v) is 8.21. The molecule has 1 fully saturated rings. The molecule has 1 aliphatic rings. The number of anilines is 1. The third-order valence-corrected chi connectivity index (χ3v) is 6.26. The van der Waals surface area contributed by atoms with Crippen molar-refractivity contribution >= 4 is 39.1 Å². The summed E-state index contributed by atoms with van der Waals surface area (Å²) in [7, 11) is -0.952. The number of nitrogens with one attached hydrogen (secondary N) is 1. The third-order valence-electron chi connectivity index (χ3n) is 3.88. The second-order valence-electron chi connectivity index (χ2n) is 5.89. The molecule has 11 heteroatoms. The quantitative estimate of drug-likeness (QED) is 0.686. The predicted octanol–water partition coefficient (Wildman–Crippen LogP) is 0.404. The van der Waals surface area contributed by atoms with Crippen LogP contribution in [0.25, 0.3) is 0 Å². The Hall–Kier alpha value is -1.72. The molecule has 2 amide bonds. The number of carbonyl (C=O) groups is 2. The Kier molecular flexibility index (Phi) is 7.57. The first-order valence-corrected chi connectivity index (χ1v) is 9.97. The number of hydrogen-bond donors (Lipinski definition) is 1. The van der Waals surface area contributed by atoms with Gasteiger partial charge in [-0.3, -0.25) is 9.59 Å². The van der Waals surface area contributed by atoms with Crippen LogP contribution in [0.1, 0.15) is 0 Å². The van der Waals surface area contributed by atoms with E-state index in [1.54, 1.807) is 0 Å². The van der Waals surface area contributed by atoms with Gasteiger partial charge in [0.05, 0.1) is 24.8 Å². The van der Waals surface area contributed by atoms with E-state index in [1.165, 1.54) is 41.6 Å². The number of ether oxygens (including phenoxy) is 2. The number of morpholine rings is 1. The number of rotatable bonds is 7. The number of carbonyl (C=O) groups excluding carboxylic acids is 2.